The Morgan fingerprint density at radius 1 is 0.938 bits per heavy atom. The van der Waals surface area contributed by atoms with E-state index in [4.69, 9.17) is 0 Å². The second-order valence-corrected chi connectivity index (χ2v) is 2.23. The third-order valence-corrected chi connectivity index (χ3v) is 1.16. The van der Waals surface area contributed by atoms with Gasteiger partial charge in [0.15, 0.2) is 0 Å². The van der Waals surface area contributed by atoms with Gasteiger partial charge in [0, 0.05) is 0 Å². The van der Waals surface area contributed by atoms with E-state index in [1.807, 2.05) is 0 Å². The summed E-state index contributed by atoms with van der Waals surface area (Å²) < 4.78 is 104. The van der Waals surface area contributed by atoms with Crippen molar-refractivity contribution in [2.24, 2.45) is 0 Å². The standard InChI is InChI=1S/C4F9NO2/c5-2(6,1(15)16-14(12)13)3(7,8)4(9,10)11. The van der Waals surface area contributed by atoms with E-state index in [0.29, 0.717) is 0 Å². The molecule has 0 aliphatic rings. The average Bonchev–Trinajstić information content (AvgIpc) is 2.00. The molecule has 0 radical (unpaired) electrons. The Kier molecular flexibility index (Phi) is 3.69. The highest BCUT2D eigenvalue weighted by Crippen LogP contribution is 2.47. The van der Waals surface area contributed by atoms with Crippen LogP contribution in [-0.4, -0.2) is 29.5 Å². The second kappa shape index (κ2) is 3.99. The number of carbonyl (C=O) groups excluding carboxylic acids is 1. The molecule has 0 fully saturated rings. The van der Waals surface area contributed by atoms with Crippen molar-refractivity contribution in [2.75, 3.05) is 0 Å². The molecule has 0 heterocycles. The lowest BCUT2D eigenvalue weighted by Crippen LogP contribution is -2.57. The van der Waals surface area contributed by atoms with E-state index >= 15 is 0 Å². The number of hydrogen-bond acceptors (Lipinski definition) is 3. The largest absolute Gasteiger partial charge is 0.460 e. The normalized spacial score (nSPS) is 14.1. The van der Waals surface area contributed by atoms with Crippen molar-refractivity contribution < 1.29 is 49.3 Å². The van der Waals surface area contributed by atoms with Gasteiger partial charge in [0.2, 0.25) is 5.51 Å². The summed E-state index contributed by atoms with van der Waals surface area (Å²) >= 11 is 0. The molecule has 0 N–H and O–H groups in total. The number of nitrogens with zero attached hydrogens (tertiary/aromatic N) is 1. The highest BCUT2D eigenvalue weighted by Gasteiger charge is 2.77. The number of rotatable bonds is 3. The molecule has 0 spiro atoms. The van der Waals surface area contributed by atoms with Crippen LogP contribution in [0.15, 0.2) is 0 Å². The molecule has 0 atom stereocenters. The van der Waals surface area contributed by atoms with Gasteiger partial charge < -0.3 is 4.84 Å². The van der Waals surface area contributed by atoms with E-state index in [0.717, 1.165) is 0 Å². The van der Waals surface area contributed by atoms with Crippen LogP contribution in [0.5, 0.6) is 0 Å². The van der Waals surface area contributed by atoms with E-state index in [1.165, 1.54) is 0 Å². The quantitative estimate of drug-likeness (QED) is 0.445. The van der Waals surface area contributed by atoms with Crippen molar-refractivity contribution in [1.82, 2.24) is 5.51 Å². The lowest BCUT2D eigenvalue weighted by atomic mass is 10.1. The number of alkyl halides is 7. The molecule has 0 aliphatic heterocycles. The van der Waals surface area contributed by atoms with Gasteiger partial charge in [-0.1, -0.05) is 8.96 Å². The molecule has 0 amide bonds. The Balaban J connectivity index is 5.12. The molecule has 0 aromatic rings. The topological polar surface area (TPSA) is 29.5 Å². The van der Waals surface area contributed by atoms with Crippen LogP contribution in [0.4, 0.5) is 39.7 Å². The maximum absolute atomic E-state index is 12.1. The van der Waals surface area contributed by atoms with Crippen molar-refractivity contribution in [2.45, 2.75) is 18.0 Å². The molecule has 16 heavy (non-hydrogen) atoms. The minimum absolute atomic E-state index is 2.13. The molecule has 0 aromatic carbocycles. The summed E-state index contributed by atoms with van der Waals surface area (Å²) in [6.45, 7) is 0. The molecule has 96 valence electrons. The van der Waals surface area contributed by atoms with E-state index in [1.54, 1.807) is 0 Å². The van der Waals surface area contributed by atoms with Crippen molar-refractivity contribution in [3.63, 3.8) is 0 Å². The summed E-state index contributed by atoms with van der Waals surface area (Å²) in [4.78, 5) is 12.0. The second-order valence-electron chi connectivity index (χ2n) is 2.23. The Hall–Kier alpha value is -1.20. The fourth-order valence-electron chi connectivity index (χ4n) is 0.426. The van der Waals surface area contributed by atoms with Crippen molar-refractivity contribution in [3.8, 4) is 0 Å². The van der Waals surface area contributed by atoms with Crippen LogP contribution in [0.1, 0.15) is 0 Å². The summed E-state index contributed by atoms with van der Waals surface area (Å²) in [6, 6.07) is 0. The summed E-state index contributed by atoms with van der Waals surface area (Å²) in [7, 11) is 0. The third-order valence-electron chi connectivity index (χ3n) is 1.16. The molecule has 0 aliphatic carbocycles. The van der Waals surface area contributed by atoms with Gasteiger partial charge in [-0.15, -0.1) is 0 Å². The lowest BCUT2D eigenvalue weighted by Gasteiger charge is -2.25. The molecule has 0 rings (SSSR count). The molecular formula is C4F9NO2. The monoisotopic (exact) mass is 265 g/mol. The summed E-state index contributed by atoms with van der Waals surface area (Å²) in [6.07, 6.45) is -6.80. The van der Waals surface area contributed by atoms with Gasteiger partial charge in [0.1, 0.15) is 0 Å². The maximum Gasteiger partial charge on any atom is 0.460 e. The molecule has 0 bridgehead atoms. The zero-order valence-electron chi connectivity index (χ0n) is 6.67. The SMILES string of the molecule is O=C(ON(F)F)C(F)(F)C(F)(F)C(F)(F)F. The number of hydrogen-bond donors (Lipinski definition) is 0. The third kappa shape index (κ3) is 2.48. The van der Waals surface area contributed by atoms with Crippen molar-refractivity contribution in [1.29, 1.82) is 0 Å². The van der Waals surface area contributed by atoms with Gasteiger partial charge in [0.25, 0.3) is 0 Å². The molecule has 0 aromatic heterocycles. The zero-order valence-corrected chi connectivity index (χ0v) is 6.67. The van der Waals surface area contributed by atoms with Gasteiger partial charge in [-0.3, -0.25) is 0 Å². The molecule has 12 heteroatoms. The highest BCUT2D eigenvalue weighted by molar-refractivity contribution is 5.78. The smallest absolute Gasteiger partial charge is 0.304 e. The Labute approximate surface area is 80.2 Å². The van der Waals surface area contributed by atoms with E-state index in [-0.39, 0.29) is 0 Å². The Morgan fingerprint density at radius 3 is 1.56 bits per heavy atom. The van der Waals surface area contributed by atoms with E-state index < -0.39 is 29.5 Å². The first-order chi connectivity index (χ1) is 6.84. The van der Waals surface area contributed by atoms with Crippen LogP contribution in [0.3, 0.4) is 0 Å². The van der Waals surface area contributed by atoms with Gasteiger partial charge in [0.05, 0.1) is 0 Å². The van der Waals surface area contributed by atoms with Crippen LogP contribution in [0, 0.1) is 0 Å². The van der Waals surface area contributed by atoms with Gasteiger partial charge >= 0.3 is 24.0 Å². The number of carbonyl (C=O) groups is 1. The summed E-state index contributed by atoms with van der Waals surface area (Å²) in [5.74, 6) is -17.0. The molecule has 0 saturated heterocycles. The van der Waals surface area contributed by atoms with Crippen molar-refractivity contribution >= 4 is 5.97 Å². The van der Waals surface area contributed by atoms with Gasteiger partial charge in [-0.25, -0.2) is 4.79 Å². The van der Waals surface area contributed by atoms with Crippen LogP contribution in [0.2, 0.25) is 0 Å². The predicted molar refractivity (Wildman–Crippen MR) is 26.1 cm³/mol. The van der Waals surface area contributed by atoms with Gasteiger partial charge in [-0.05, 0) is 0 Å². The van der Waals surface area contributed by atoms with E-state index in [2.05, 4.69) is 4.84 Å². The van der Waals surface area contributed by atoms with Crippen molar-refractivity contribution in [3.05, 3.63) is 0 Å². The lowest BCUT2D eigenvalue weighted by molar-refractivity contribution is -0.393. The summed E-state index contributed by atoms with van der Waals surface area (Å²) in [5, 5.41) is 0. The minimum Gasteiger partial charge on any atom is -0.304 e. The van der Waals surface area contributed by atoms with Crippen LogP contribution in [0.25, 0.3) is 0 Å². The molecular weight excluding hydrogens is 265 g/mol. The number of halogens is 9. The first-order valence-electron chi connectivity index (χ1n) is 3.00. The van der Waals surface area contributed by atoms with Crippen LogP contribution in [-0.2, 0) is 9.63 Å². The molecule has 3 nitrogen and oxygen atoms in total. The van der Waals surface area contributed by atoms with Gasteiger partial charge in [-0.2, -0.15) is 30.7 Å². The first-order valence-corrected chi connectivity index (χ1v) is 3.00. The Morgan fingerprint density at radius 2 is 1.31 bits per heavy atom. The first kappa shape index (κ1) is 14.8. The fourth-order valence-corrected chi connectivity index (χ4v) is 0.426. The van der Waals surface area contributed by atoms with Crippen LogP contribution >= 0.6 is 0 Å². The average molecular weight is 265 g/mol. The molecule has 0 unspecified atom stereocenters. The fraction of sp³-hybridized carbons (Fsp3) is 0.750. The predicted octanol–water partition coefficient (Wildman–Crippen LogP) is 2.35. The van der Waals surface area contributed by atoms with Crippen LogP contribution < -0.4 is 0 Å². The summed E-state index contributed by atoms with van der Waals surface area (Å²) in [5.41, 5.74) is -2.73. The Bertz CT molecular complexity index is 271. The maximum atomic E-state index is 12.1. The van der Waals surface area contributed by atoms with E-state index in [9.17, 15) is 44.5 Å². The minimum atomic E-state index is -6.83. The molecule has 0 saturated carbocycles. The zero-order chi connectivity index (χ0) is 13.4. The highest BCUT2D eigenvalue weighted by atomic mass is 19.4.